The third-order valence-corrected chi connectivity index (χ3v) is 8.08. The van der Waals surface area contributed by atoms with Crippen LogP contribution in [-0.2, 0) is 23.1 Å². The van der Waals surface area contributed by atoms with Gasteiger partial charge in [-0.15, -0.1) is 0 Å². The molecule has 3 aromatic heterocycles. The largest absolute Gasteiger partial charge is 0.496 e. The second-order valence-corrected chi connectivity index (χ2v) is 11.6. The van der Waals surface area contributed by atoms with E-state index < -0.39 is 22.0 Å². The van der Waals surface area contributed by atoms with Crippen LogP contribution < -0.4 is 9.47 Å². The first-order valence-electron chi connectivity index (χ1n) is 13.2. The maximum atomic E-state index is 14.4. The zero-order chi connectivity index (χ0) is 30.7. The zero-order valence-electron chi connectivity index (χ0n) is 23.6. The van der Waals surface area contributed by atoms with Crippen LogP contribution in [0.25, 0.3) is 28.1 Å². The Hall–Kier alpha value is -3.21. The molecule has 1 saturated heterocycles. The number of nitrogens with zero attached hydrogens (tertiary/aromatic N) is 4. The topological polar surface area (TPSA) is 80.0 Å². The molecule has 1 aromatic carbocycles. The molecule has 9 nitrogen and oxygen atoms in total. The number of benzene rings is 1. The van der Waals surface area contributed by atoms with E-state index in [1.54, 1.807) is 11.8 Å². The van der Waals surface area contributed by atoms with E-state index in [1.165, 1.54) is 11.3 Å². The molecule has 0 N–H and O–H groups in total. The van der Waals surface area contributed by atoms with E-state index >= 15 is 0 Å². The van der Waals surface area contributed by atoms with Gasteiger partial charge in [0.25, 0.3) is 5.91 Å². The second kappa shape index (κ2) is 10.7. The lowest BCUT2D eigenvalue weighted by Crippen LogP contribution is -2.74. The normalized spacial score (nSPS) is 15.6. The molecule has 2 aliphatic heterocycles. The fraction of sp³-hybridized carbons (Fsp3) is 0.333. The third-order valence-electron chi connectivity index (χ3n) is 7.41. The number of methoxy groups -OCH3 is 1. The van der Waals surface area contributed by atoms with Gasteiger partial charge in [-0.05, 0) is 28.9 Å². The number of hydrogen-bond donors (Lipinski definition) is 0. The summed E-state index contributed by atoms with van der Waals surface area (Å²) in [4.78, 5) is 15.5. The monoisotopic (exact) mass is 580 g/mol. The summed E-state index contributed by atoms with van der Waals surface area (Å²) in [5.74, 6) is 0.550. The third kappa shape index (κ3) is 5.38. The number of ether oxygens (including phenoxy) is 4. The van der Waals surface area contributed by atoms with E-state index in [-0.39, 0.29) is 32.1 Å². The average Bonchev–Trinajstić information content (AvgIpc) is 3.67. The molecule has 0 aliphatic carbocycles. The van der Waals surface area contributed by atoms with Crippen molar-refractivity contribution in [1.29, 1.82) is 0 Å². The van der Waals surface area contributed by atoms with Crippen LogP contribution in [0.15, 0.2) is 47.4 Å². The lowest BCUT2D eigenvalue weighted by molar-refractivity contribution is -0.159. The molecule has 1 amide bonds. The summed E-state index contributed by atoms with van der Waals surface area (Å²) in [5.41, 5.74) is 3.25. The summed E-state index contributed by atoms with van der Waals surface area (Å²) < 4.78 is 26.4. The van der Waals surface area contributed by atoms with Crippen molar-refractivity contribution in [3.63, 3.8) is 0 Å². The Labute approximate surface area is 261 Å². The fourth-order valence-electron chi connectivity index (χ4n) is 5.45. The van der Waals surface area contributed by atoms with Crippen LogP contribution in [0.5, 0.6) is 11.5 Å². The number of rotatable bonds is 9. The highest BCUT2D eigenvalue weighted by molar-refractivity contribution is 7.08. The highest BCUT2D eigenvalue weighted by Gasteiger charge is 2.52. The van der Waals surface area contributed by atoms with Gasteiger partial charge in [0.05, 0.1) is 85.4 Å². The lowest BCUT2D eigenvalue weighted by Gasteiger charge is -2.56. The predicted octanol–water partition coefficient (Wildman–Crippen LogP) is 0.969. The molecule has 5 heterocycles. The van der Waals surface area contributed by atoms with Crippen molar-refractivity contribution in [3.8, 4) is 39.6 Å². The highest BCUT2D eigenvalue weighted by Crippen LogP contribution is 2.46. The first kappa shape index (κ1) is 29.8. The van der Waals surface area contributed by atoms with Gasteiger partial charge in [0.15, 0.2) is 5.69 Å². The number of fused-ring (bicyclic) bond motifs is 3. The number of carbonyl (C=O) groups excluding carboxylic acids is 1. The van der Waals surface area contributed by atoms with E-state index in [0.717, 1.165) is 21.7 Å². The number of carbonyl (C=O) groups is 1. The Morgan fingerprint density at radius 3 is 2.49 bits per heavy atom. The fourth-order valence-corrected chi connectivity index (χ4v) is 6.07. The van der Waals surface area contributed by atoms with Crippen LogP contribution in [-0.4, -0.2) is 115 Å². The Balaban J connectivity index is 1.52. The maximum Gasteiger partial charge on any atom is 0.273 e. The van der Waals surface area contributed by atoms with E-state index in [4.69, 9.17) is 71.1 Å². The molecular weight excluding hydrogens is 557 g/mol. The molecule has 43 heavy (non-hydrogen) atoms. The van der Waals surface area contributed by atoms with Crippen molar-refractivity contribution in [3.05, 3.63) is 58.7 Å². The average molecular weight is 579 g/mol. The molecule has 1 fully saturated rings. The standard InChI is InChI=1S/C27H22B6N4O5S/c1-35-5-3-15(9-35)17-7-18-21(8-20(17)39-2)41-10-19-22(34-36(23(18)19)16-4-6-43-11-16)24(38)37(26(28,29)30)25(12-40-13-25)14-42-27(31,32)33/h3-9,11H,10,12-14H2,1-2H3. The number of thiophene rings is 1. The van der Waals surface area contributed by atoms with Crippen molar-refractivity contribution in [2.45, 2.75) is 22.7 Å². The number of hydrogen-bond acceptors (Lipinski definition) is 7. The summed E-state index contributed by atoms with van der Waals surface area (Å²) >= 11 is 1.49. The molecule has 0 saturated carbocycles. The van der Waals surface area contributed by atoms with Gasteiger partial charge >= 0.3 is 0 Å². The van der Waals surface area contributed by atoms with Crippen LogP contribution in [0.2, 0.25) is 0 Å². The van der Waals surface area contributed by atoms with E-state index in [2.05, 4.69) is 0 Å². The Kier molecular flexibility index (Phi) is 7.46. The molecule has 0 spiro atoms. The SMILES string of the molecule is [B]C([B])([B])OCC1(N(C(=O)c2nn(-c3ccsc3)c3c2COc2cc(OC)c(-c4ccn(C)c4)cc2-3)C([B])([B])[B])COC1. The minimum absolute atomic E-state index is 0.00480. The van der Waals surface area contributed by atoms with Crippen LogP contribution >= 0.6 is 11.3 Å². The first-order valence-corrected chi connectivity index (χ1v) is 14.2. The van der Waals surface area contributed by atoms with Gasteiger partial charge in [0.2, 0.25) is 0 Å². The van der Waals surface area contributed by atoms with Gasteiger partial charge in [-0.3, -0.25) is 4.79 Å². The minimum Gasteiger partial charge on any atom is -0.496 e. The zero-order valence-corrected chi connectivity index (χ0v) is 24.5. The van der Waals surface area contributed by atoms with Crippen molar-refractivity contribution in [2.24, 2.45) is 7.05 Å². The Bertz CT molecular complexity index is 1670. The predicted molar refractivity (Wildman–Crippen MR) is 168 cm³/mol. The molecular formula is C27H22B6N4O5S. The summed E-state index contributed by atoms with van der Waals surface area (Å²) in [6.07, 6.45) is 3.94. The Morgan fingerprint density at radius 1 is 1.16 bits per heavy atom. The summed E-state index contributed by atoms with van der Waals surface area (Å²) in [6, 6.07) is 7.69. The molecule has 6 rings (SSSR count). The summed E-state index contributed by atoms with van der Waals surface area (Å²) in [5, 5.41) is 4.51. The van der Waals surface area contributed by atoms with E-state index in [0.29, 0.717) is 28.3 Å². The van der Waals surface area contributed by atoms with Gasteiger partial charge in [0.1, 0.15) is 23.6 Å². The van der Waals surface area contributed by atoms with Crippen molar-refractivity contribution in [2.75, 3.05) is 26.9 Å². The van der Waals surface area contributed by atoms with Gasteiger partial charge in [-0.25, -0.2) is 4.68 Å². The van der Waals surface area contributed by atoms with Crippen molar-refractivity contribution >= 4 is 64.3 Å². The molecule has 204 valence electrons. The molecule has 0 unspecified atom stereocenters. The summed E-state index contributed by atoms with van der Waals surface area (Å²) in [6.45, 7) is -0.230. The highest BCUT2D eigenvalue weighted by atomic mass is 32.1. The molecule has 0 atom stereocenters. The number of aryl methyl sites for hydroxylation is 1. The molecule has 4 aromatic rings. The smallest absolute Gasteiger partial charge is 0.273 e. The Morgan fingerprint density at radius 2 is 1.93 bits per heavy atom. The molecule has 16 heteroatoms. The maximum absolute atomic E-state index is 14.4. The molecule has 12 radical (unpaired) electrons. The van der Waals surface area contributed by atoms with Gasteiger partial charge in [-0.2, -0.15) is 16.4 Å². The van der Waals surface area contributed by atoms with Crippen LogP contribution in [0.1, 0.15) is 16.1 Å². The molecule has 0 bridgehead atoms. The van der Waals surface area contributed by atoms with E-state index in [1.807, 2.05) is 59.0 Å². The summed E-state index contributed by atoms with van der Waals surface area (Å²) in [7, 11) is 39.1. The first-order chi connectivity index (χ1) is 20.3. The second-order valence-electron chi connectivity index (χ2n) is 10.9. The van der Waals surface area contributed by atoms with Gasteiger partial charge in [-0.1, -0.05) is 5.24 Å². The van der Waals surface area contributed by atoms with Crippen LogP contribution in [0.4, 0.5) is 0 Å². The van der Waals surface area contributed by atoms with Gasteiger partial charge < -0.3 is 28.4 Å². The van der Waals surface area contributed by atoms with Crippen LogP contribution in [0, 0.1) is 0 Å². The van der Waals surface area contributed by atoms with Crippen LogP contribution in [0.3, 0.4) is 0 Å². The van der Waals surface area contributed by atoms with E-state index in [9.17, 15) is 4.79 Å². The lowest BCUT2D eigenvalue weighted by atomic mass is 9.47. The van der Waals surface area contributed by atoms with Gasteiger partial charge in [0, 0.05) is 53.1 Å². The number of amides is 1. The number of aromatic nitrogens is 3. The minimum atomic E-state index is -2.15. The van der Waals surface area contributed by atoms with Crippen molar-refractivity contribution in [1.82, 2.24) is 19.2 Å². The quantitative estimate of drug-likeness (QED) is 0.275. The molecule has 2 aliphatic rings. The van der Waals surface area contributed by atoms with Crippen molar-refractivity contribution < 1.29 is 23.7 Å².